The summed E-state index contributed by atoms with van der Waals surface area (Å²) in [6.45, 7) is 7.15. The summed E-state index contributed by atoms with van der Waals surface area (Å²) in [7, 11) is -4.38. The maximum absolute atomic E-state index is 13.4. The molecule has 0 aliphatic rings. The van der Waals surface area contributed by atoms with E-state index < -0.39 is 23.4 Å². The van der Waals surface area contributed by atoms with Crippen molar-refractivity contribution in [3.8, 4) is 23.1 Å². The van der Waals surface area contributed by atoms with Crippen LogP contribution in [0.3, 0.4) is 0 Å². The van der Waals surface area contributed by atoms with Crippen LogP contribution < -0.4 is 40.2 Å². The van der Waals surface area contributed by atoms with Gasteiger partial charge in [-0.25, -0.2) is 18.2 Å². The molecule has 0 fully saturated rings. The number of anilines is 5. The fourth-order valence-corrected chi connectivity index (χ4v) is 6.66. The van der Waals surface area contributed by atoms with Gasteiger partial charge in [0.25, 0.3) is 0 Å². The zero-order valence-corrected chi connectivity index (χ0v) is 30.8. The molecule has 0 aliphatic heterocycles. The second-order valence-corrected chi connectivity index (χ2v) is 16.7. The number of carbonyl (C=O) groups is 1. The van der Waals surface area contributed by atoms with Crippen molar-refractivity contribution in [3.05, 3.63) is 84.6 Å². The minimum absolute atomic E-state index is 0.156. The molecule has 5 aromatic rings. The molecule has 0 saturated carbocycles. The number of aromatic nitrogens is 2. The van der Waals surface area contributed by atoms with Crippen LogP contribution >= 0.6 is 7.37 Å². The number of methoxy groups -OCH3 is 2. The Bertz CT molecular complexity index is 2270. The molecule has 1 atom stereocenters. The first-order valence-electron chi connectivity index (χ1n) is 15.5. The largest absolute Gasteiger partial charge is 0.496 e. The third-order valence-electron chi connectivity index (χ3n) is 7.56. The van der Waals surface area contributed by atoms with Gasteiger partial charge in [-0.15, -0.1) is 0 Å². The summed E-state index contributed by atoms with van der Waals surface area (Å²) in [6.07, 6.45) is 2.56. The quantitative estimate of drug-likeness (QED) is 0.0877. The molecule has 51 heavy (non-hydrogen) atoms. The molecular weight excluding hydrogens is 695 g/mol. The molecule has 268 valence electrons. The summed E-state index contributed by atoms with van der Waals surface area (Å²) < 4.78 is 55.9. The van der Waals surface area contributed by atoms with Crippen molar-refractivity contribution in [2.45, 2.75) is 26.2 Å². The first kappa shape index (κ1) is 36.9. The van der Waals surface area contributed by atoms with Gasteiger partial charge in [0, 0.05) is 41.5 Å². The molecule has 5 rings (SSSR count). The normalized spacial score (nSPS) is 12.8. The Labute approximate surface area is 296 Å². The topological polar surface area (TPSA) is 190 Å². The van der Waals surface area contributed by atoms with E-state index in [1.54, 1.807) is 42.5 Å². The highest BCUT2D eigenvalue weighted by Crippen LogP contribution is 2.41. The third kappa shape index (κ3) is 9.06. The Morgan fingerprint density at radius 1 is 0.863 bits per heavy atom. The summed E-state index contributed by atoms with van der Waals surface area (Å²) in [5.41, 5.74) is 1.89. The van der Waals surface area contributed by atoms with Gasteiger partial charge >= 0.3 is 6.03 Å². The Balaban J connectivity index is 1.38. The molecule has 5 N–H and O–H groups in total. The van der Waals surface area contributed by atoms with Crippen molar-refractivity contribution in [3.63, 3.8) is 0 Å². The number of hydrogen-bond acceptors (Lipinski definition) is 10. The van der Waals surface area contributed by atoms with Crippen molar-refractivity contribution < 1.29 is 36.9 Å². The molecule has 0 spiro atoms. The molecule has 0 aliphatic carbocycles. The van der Waals surface area contributed by atoms with Crippen LogP contribution in [0.4, 0.5) is 33.5 Å². The van der Waals surface area contributed by atoms with Crippen molar-refractivity contribution >= 4 is 68.2 Å². The molecule has 1 aromatic heterocycles. The summed E-state index contributed by atoms with van der Waals surface area (Å²) in [6, 6.07) is 19.9. The van der Waals surface area contributed by atoms with Gasteiger partial charge in [0.05, 0.1) is 42.8 Å². The van der Waals surface area contributed by atoms with E-state index in [2.05, 4.69) is 30.6 Å². The number of fused-ring (bicyclic) bond motifs is 1. The van der Waals surface area contributed by atoms with Crippen LogP contribution in [-0.2, 0) is 20.0 Å². The molecular formula is C35H39N6O8PS. The molecule has 1 unspecified atom stereocenters. The highest BCUT2D eigenvalue weighted by Gasteiger charge is 2.23. The molecule has 1 heterocycles. The SMILES string of the molecule is COc1cc(Nc2nccc(Oc3ccc(NC(=O)Nc4cc(C(C)(C)C)cc(NS(C)(=O)=O)c4OC)c4ccccc34)n2)ccc1P(C)(=O)O. The number of urea groups is 1. The lowest BCUT2D eigenvalue weighted by Crippen LogP contribution is -2.22. The number of sulfonamides is 1. The van der Waals surface area contributed by atoms with Crippen LogP contribution in [-0.4, -0.2) is 56.5 Å². The monoisotopic (exact) mass is 734 g/mol. The number of nitrogens with zero attached hydrogens (tertiary/aromatic N) is 2. The van der Waals surface area contributed by atoms with Crippen LogP contribution in [0, 0.1) is 0 Å². The van der Waals surface area contributed by atoms with Gasteiger partial charge in [0.1, 0.15) is 11.5 Å². The minimum Gasteiger partial charge on any atom is -0.496 e. The van der Waals surface area contributed by atoms with Crippen molar-refractivity contribution in [2.24, 2.45) is 0 Å². The molecule has 0 radical (unpaired) electrons. The van der Waals surface area contributed by atoms with Crippen LogP contribution in [0.2, 0.25) is 0 Å². The Hall–Kier alpha value is -5.37. The van der Waals surface area contributed by atoms with E-state index in [0.717, 1.165) is 11.8 Å². The highest BCUT2D eigenvalue weighted by atomic mass is 32.2. The van der Waals surface area contributed by atoms with Crippen LogP contribution in [0.15, 0.2) is 79.0 Å². The molecule has 4 aromatic carbocycles. The number of hydrogen-bond donors (Lipinski definition) is 5. The molecule has 0 bridgehead atoms. The average molecular weight is 735 g/mol. The Kier molecular flexibility index (Phi) is 10.5. The molecule has 2 amide bonds. The lowest BCUT2D eigenvalue weighted by molar-refractivity contribution is 0.262. The van der Waals surface area contributed by atoms with Crippen molar-refractivity contribution in [1.29, 1.82) is 0 Å². The smallest absolute Gasteiger partial charge is 0.323 e. The van der Waals surface area contributed by atoms with Crippen molar-refractivity contribution in [2.75, 3.05) is 47.8 Å². The summed E-state index contributed by atoms with van der Waals surface area (Å²) in [5, 5.41) is 10.3. The van der Waals surface area contributed by atoms with Gasteiger partial charge in [-0.3, -0.25) is 9.29 Å². The number of nitrogens with one attached hydrogen (secondary N) is 4. The predicted molar refractivity (Wildman–Crippen MR) is 201 cm³/mol. The number of carbonyl (C=O) groups excluding carboxylic acids is 1. The fraction of sp³-hybridized carbons (Fsp3) is 0.229. The fourth-order valence-electron chi connectivity index (χ4n) is 5.19. The maximum atomic E-state index is 13.4. The lowest BCUT2D eigenvalue weighted by Gasteiger charge is -2.24. The van der Waals surface area contributed by atoms with Gasteiger partial charge in [-0.05, 0) is 47.4 Å². The third-order valence-corrected chi connectivity index (χ3v) is 9.42. The second-order valence-electron chi connectivity index (χ2n) is 12.7. The zero-order chi connectivity index (χ0) is 37.1. The lowest BCUT2D eigenvalue weighted by atomic mass is 9.86. The number of amides is 2. The first-order chi connectivity index (χ1) is 23.9. The molecule has 14 nitrogen and oxygen atoms in total. The molecule has 0 saturated heterocycles. The van der Waals surface area contributed by atoms with Gasteiger partial charge in [0.2, 0.25) is 29.2 Å². The van der Waals surface area contributed by atoms with Crippen LogP contribution in [0.5, 0.6) is 23.1 Å². The molecule has 16 heteroatoms. The van der Waals surface area contributed by atoms with E-state index in [4.69, 9.17) is 14.2 Å². The Morgan fingerprint density at radius 3 is 2.20 bits per heavy atom. The van der Waals surface area contributed by atoms with Crippen LogP contribution in [0.25, 0.3) is 10.8 Å². The zero-order valence-electron chi connectivity index (χ0n) is 29.1. The number of benzene rings is 4. The van der Waals surface area contributed by atoms with Gasteiger partial charge in [0.15, 0.2) is 5.75 Å². The second kappa shape index (κ2) is 14.5. The predicted octanol–water partition coefficient (Wildman–Crippen LogP) is 7.02. The van der Waals surface area contributed by atoms with E-state index in [0.29, 0.717) is 27.9 Å². The summed E-state index contributed by atoms with van der Waals surface area (Å²) in [5.74, 6) is 1.32. The van der Waals surface area contributed by atoms with Crippen molar-refractivity contribution in [1.82, 2.24) is 9.97 Å². The van der Waals surface area contributed by atoms with Gasteiger partial charge in [-0.1, -0.05) is 45.0 Å². The van der Waals surface area contributed by atoms with E-state index in [-0.39, 0.29) is 45.4 Å². The standard InChI is InChI=1S/C35H39N6O8PS/c1-35(2,3)21-18-26(32(48-5)27(19-21)41-51(7,45)46)39-34(42)38-25-13-14-28(24-11-9-8-10-23(24)25)49-31-16-17-36-33(40-31)37-22-12-15-30(50(6,43)44)29(20-22)47-4/h8-20,41H,1-7H3,(H,43,44)(H,36,37,40)(H2,38,39,42). The van der Waals surface area contributed by atoms with E-state index >= 15 is 0 Å². The number of ether oxygens (including phenoxy) is 3. The van der Waals surface area contributed by atoms with Gasteiger partial charge in [-0.2, -0.15) is 4.98 Å². The maximum Gasteiger partial charge on any atom is 0.323 e. The Morgan fingerprint density at radius 2 is 1.55 bits per heavy atom. The van der Waals surface area contributed by atoms with Crippen LogP contribution in [0.1, 0.15) is 26.3 Å². The van der Waals surface area contributed by atoms with E-state index in [1.807, 2.05) is 45.0 Å². The number of rotatable bonds is 11. The van der Waals surface area contributed by atoms with E-state index in [1.165, 1.54) is 33.1 Å². The average Bonchev–Trinajstić information content (AvgIpc) is 3.04. The highest BCUT2D eigenvalue weighted by molar-refractivity contribution is 7.92. The van der Waals surface area contributed by atoms with Gasteiger partial charge < -0.3 is 35.1 Å². The first-order valence-corrected chi connectivity index (χ1v) is 19.5. The minimum atomic E-state index is -3.64. The van der Waals surface area contributed by atoms with E-state index in [9.17, 15) is 22.7 Å². The summed E-state index contributed by atoms with van der Waals surface area (Å²) in [4.78, 5) is 32.1. The summed E-state index contributed by atoms with van der Waals surface area (Å²) >= 11 is 0.